The summed E-state index contributed by atoms with van der Waals surface area (Å²) in [5, 5.41) is 4.49. The molecule has 2 aromatic rings. The van der Waals surface area contributed by atoms with Gasteiger partial charge in [0.2, 0.25) is 0 Å². The maximum Gasteiger partial charge on any atom is 0.344 e. The van der Waals surface area contributed by atoms with Crippen molar-refractivity contribution in [1.82, 2.24) is 14.7 Å². The van der Waals surface area contributed by atoms with Gasteiger partial charge in [-0.05, 0) is 53.7 Å². The Morgan fingerprint density at radius 2 is 1.63 bits per heavy atom. The van der Waals surface area contributed by atoms with Crippen molar-refractivity contribution in [2.45, 2.75) is 59.7 Å². The molecular formula is C20H26ClN3O3. The second kappa shape index (κ2) is 8.57. The van der Waals surface area contributed by atoms with Crippen LogP contribution in [0.5, 0.6) is 0 Å². The highest BCUT2D eigenvalue weighted by Gasteiger charge is 2.30. The van der Waals surface area contributed by atoms with Crippen molar-refractivity contribution in [2.75, 3.05) is 0 Å². The first-order chi connectivity index (χ1) is 12.6. The van der Waals surface area contributed by atoms with Gasteiger partial charge in [-0.1, -0.05) is 29.8 Å². The molecule has 0 saturated carbocycles. The summed E-state index contributed by atoms with van der Waals surface area (Å²) in [7, 11) is 0. The Kier molecular flexibility index (Phi) is 6.65. The summed E-state index contributed by atoms with van der Waals surface area (Å²) in [6.07, 6.45) is -0.919. The van der Waals surface area contributed by atoms with E-state index in [1.54, 1.807) is 18.7 Å². The Balaban J connectivity index is 2.24. The zero-order valence-corrected chi connectivity index (χ0v) is 17.3. The van der Waals surface area contributed by atoms with E-state index in [-0.39, 0.29) is 28.7 Å². The molecule has 1 amide bonds. The van der Waals surface area contributed by atoms with Crippen molar-refractivity contribution < 1.29 is 14.3 Å². The summed E-state index contributed by atoms with van der Waals surface area (Å²) in [6, 6.07) is 9.27. The lowest BCUT2D eigenvalue weighted by Crippen LogP contribution is -2.47. The Hall–Kier alpha value is -2.34. The molecule has 146 valence electrons. The number of hydrogen-bond donors (Lipinski definition) is 0. The number of hydrogen-bond acceptors (Lipinski definition) is 4. The fourth-order valence-electron chi connectivity index (χ4n) is 3.06. The van der Waals surface area contributed by atoms with Crippen molar-refractivity contribution in [2.24, 2.45) is 0 Å². The lowest BCUT2D eigenvalue weighted by Gasteiger charge is -2.32. The minimum Gasteiger partial charge on any atom is -0.449 e. The zero-order valence-electron chi connectivity index (χ0n) is 16.6. The van der Waals surface area contributed by atoms with Crippen LogP contribution in [-0.4, -0.2) is 44.7 Å². The molecule has 0 radical (unpaired) electrons. The molecule has 0 bridgehead atoms. The average molecular weight is 392 g/mol. The third kappa shape index (κ3) is 4.50. The highest BCUT2D eigenvalue weighted by molar-refractivity contribution is 6.33. The van der Waals surface area contributed by atoms with Gasteiger partial charge in [0.25, 0.3) is 5.91 Å². The first kappa shape index (κ1) is 21.0. The molecule has 0 spiro atoms. The molecule has 7 heteroatoms. The van der Waals surface area contributed by atoms with E-state index in [2.05, 4.69) is 5.10 Å². The number of ether oxygens (including phenoxy) is 1. The maximum absolute atomic E-state index is 12.7. The highest BCUT2D eigenvalue weighted by Crippen LogP contribution is 2.25. The van der Waals surface area contributed by atoms with E-state index in [4.69, 9.17) is 16.3 Å². The van der Waals surface area contributed by atoms with Crippen molar-refractivity contribution in [1.29, 1.82) is 0 Å². The molecule has 2 rings (SSSR count). The summed E-state index contributed by atoms with van der Waals surface area (Å²) < 4.78 is 6.90. The van der Waals surface area contributed by atoms with Gasteiger partial charge >= 0.3 is 5.97 Å². The van der Waals surface area contributed by atoms with Crippen LogP contribution >= 0.6 is 11.6 Å². The molecule has 1 atom stereocenters. The van der Waals surface area contributed by atoms with Crippen LogP contribution < -0.4 is 0 Å². The number of halogens is 1. The molecule has 1 aromatic carbocycles. The van der Waals surface area contributed by atoms with Crippen molar-refractivity contribution in [3.8, 4) is 5.69 Å². The van der Waals surface area contributed by atoms with E-state index in [9.17, 15) is 9.59 Å². The predicted octanol–water partition coefficient (Wildman–Crippen LogP) is 4.02. The quantitative estimate of drug-likeness (QED) is 0.697. The Labute approximate surface area is 165 Å². The topological polar surface area (TPSA) is 64.4 Å². The van der Waals surface area contributed by atoms with Crippen molar-refractivity contribution in [3.63, 3.8) is 0 Å². The molecule has 0 fully saturated rings. The number of carbonyl (C=O) groups is 2. The van der Waals surface area contributed by atoms with Crippen LogP contribution in [0, 0.1) is 6.92 Å². The minimum absolute atomic E-state index is 0.00445. The summed E-state index contributed by atoms with van der Waals surface area (Å²) in [5.41, 5.74) is 1.35. The number of rotatable bonds is 6. The van der Waals surface area contributed by atoms with Crippen LogP contribution in [0.25, 0.3) is 5.69 Å². The van der Waals surface area contributed by atoms with Gasteiger partial charge in [0.15, 0.2) is 6.10 Å². The largest absolute Gasteiger partial charge is 0.449 e. The van der Waals surface area contributed by atoms with Gasteiger partial charge in [-0.25, -0.2) is 9.48 Å². The van der Waals surface area contributed by atoms with Gasteiger partial charge in [0, 0.05) is 12.1 Å². The first-order valence-electron chi connectivity index (χ1n) is 8.98. The molecule has 0 N–H and O–H groups in total. The van der Waals surface area contributed by atoms with Crippen LogP contribution in [-0.2, 0) is 9.53 Å². The average Bonchev–Trinajstić information content (AvgIpc) is 2.89. The van der Waals surface area contributed by atoms with Crippen LogP contribution in [0.4, 0.5) is 0 Å². The third-order valence-corrected chi connectivity index (χ3v) is 4.56. The van der Waals surface area contributed by atoms with E-state index in [0.717, 1.165) is 5.69 Å². The number of carbonyl (C=O) groups excluding carboxylic acids is 2. The second-order valence-electron chi connectivity index (χ2n) is 6.98. The van der Waals surface area contributed by atoms with E-state index in [1.165, 1.54) is 4.68 Å². The number of aryl methyl sites for hydroxylation is 1. The monoisotopic (exact) mass is 391 g/mol. The molecule has 27 heavy (non-hydrogen) atoms. The van der Waals surface area contributed by atoms with Gasteiger partial charge in [-0.2, -0.15) is 5.10 Å². The van der Waals surface area contributed by atoms with Gasteiger partial charge in [0.1, 0.15) is 10.7 Å². The molecule has 6 nitrogen and oxygen atoms in total. The van der Waals surface area contributed by atoms with Crippen molar-refractivity contribution in [3.05, 3.63) is 46.7 Å². The standard InChI is InChI=1S/C20H26ClN3O3/c1-12(2)23(13(3)4)19(25)15(6)27-20(26)17-14(5)22-24(18(17)21)16-10-8-7-9-11-16/h7-13,15H,1-6H3/t15-/m0/s1. The number of aromatic nitrogens is 2. The number of esters is 1. The molecule has 0 aliphatic heterocycles. The van der Waals surface area contributed by atoms with E-state index in [0.29, 0.717) is 5.69 Å². The summed E-state index contributed by atoms with van der Waals surface area (Å²) in [4.78, 5) is 27.1. The number of para-hydroxylation sites is 1. The number of nitrogens with zero attached hydrogens (tertiary/aromatic N) is 3. The van der Waals surface area contributed by atoms with Gasteiger partial charge in [0.05, 0.1) is 11.4 Å². The lowest BCUT2D eigenvalue weighted by atomic mass is 10.2. The Morgan fingerprint density at radius 3 is 2.15 bits per heavy atom. The molecule has 0 saturated heterocycles. The van der Waals surface area contributed by atoms with E-state index in [1.807, 2.05) is 58.0 Å². The molecule has 0 aliphatic carbocycles. The Bertz CT molecular complexity index is 807. The number of benzene rings is 1. The van der Waals surface area contributed by atoms with Crippen LogP contribution in [0.1, 0.15) is 50.7 Å². The third-order valence-electron chi connectivity index (χ3n) is 4.21. The highest BCUT2D eigenvalue weighted by atomic mass is 35.5. The summed E-state index contributed by atoms with van der Waals surface area (Å²) in [6.45, 7) is 11.0. The predicted molar refractivity (Wildman–Crippen MR) is 105 cm³/mol. The maximum atomic E-state index is 12.7. The first-order valence-corrected chi connectivity index (χ1v) is 9.36. The molecule has 1 aromatic heterocycles. The molecule has 0 aliphatic rings. The minimum atomic E-state index is -0.919. The van der Waals surface area contributed by atoms with Crippen LogP contribution in [0.3, 0.4) is 0 Å². The smallest absolute Gasteiger partial charge is 0.344 e. The molecule has 1 heterocycles. The molecular weight excluding hydrogens is 366 g/mol. The van der Waals surface area contributed by atoms with Gasteiger partial charge in [-0.3, -0.25) is 4.79 Å². The van der Waals surface area contributed by atoms with E-state index >= 15 is 0 Å². The normalized spacial score (nSPS) is 12.3. The van der Waals surface area contributed by atoms with Gasteiger partial charge in [-0.15, -0.1) is 0 Å². The summed E-state index contributed by atoms with van der Waals surface area (Å²) >= 11 is 6.39. The molecule has 0 unspecified atom stereocenters. The van der Waals surface area contributed by atoms with Gasteiger partial charge < -0.3 is 9.64 Å². The zero-order chi connectivity index (χ0) is 20.3. The van der Waals surface area contributed by atoms with Crippen LogP contribution in [0.2, 0.25) is 5.15 Å². The van der Waals surface area contributed by atoms with E-state index < -0.39 is 12.1 Å². The van der Waals surface area contributed by atoms with Crippen LogP contribution in [0.15, 0.2) is 30.3 Å². The second-order valence-corrected chi connectivity index (χ2v) is 7.34. The lowest BCUT2D eigenvalue weighted by molar-refractivity contribution is -0.143. The Morgan fingerprint density at radius 1 is 1.07 bits per heavy atom. The number of amides is 1. The fraction of sp³-hybridized carbons (Fsp3) is 0.450. The fourth-order valence-corrected chi connectivity index (χ4v) is 3.41. The SMILES string of the molecule is Cc1nn(-c2ccccc2)c(Cl)c1C(=O)O[C@@H](C)C(=O)N(C(C)C)C(C)C. The van der Waals surface area contributed by atoms with Crippen molar-refractivity contribution >= 4 is 23.5 Å². The summed E-state index contributed by atoms with van der Waals surface area (Å²) in [5.74, 6) is -0.898.